The number of aromatic nitrogens is 2. The van der Waals surface area contributed by atoms with Crippen LogP contribution in [0.5, 0.6) is 0 Å². The molecular weight excluding hydrogens is 288 g/mol. The van der Waals surface area contributed by atoms with Gasteiger partial charge in [0.05, 0.1) is 18.3 Å². The average molecular weight is 310 g/mol. The van der Waals surface area contributed by atoms with Crippen LogP contribution in [0.3, 0.4) is 0 Å². The third kappa shape index (κ3) is 2.55. The predicted octanol–water partition coefficient (Wildman–Crippen LogP) is 1.95. The molecule has 2 aromatic rings. The van der Waals surface area contributed by atoms with Gasteiger partial charge in [-0.25, -0.2) is 0 Å². The van der Waals surface area contributed by atoms with Gasteiger partial charge in [-0.2, -0.15) is 5.10 Å². The van der Waals surface area contributed by atoms with Gasteiger partial charge < -0.3 is 4.90 Å². The largest absolute Gasteiger partial charge is 0.311 e. The van der Waals surface area contributed by atoms with Crippen LogP contribution in [0.1, 0.15) is 23.0 Å². The van der Waals surface area contributed by atoms with Gasteiger partial charge in [0.15, 0.2) is 0 Å². The van der Waals surface area contributed by atoms with Crippen LogP contribution >= 0.6 is 0 Å². The molecule has 0 spiro atoms. The van der Waals surface area contributed by atoms with E-state index in [0.29, 0.717) is 12.6 Å². The Kier molecular flexibility index (Phi) is 3.45. The van der Waals surface area contributed by atoms with Crippen molar-refractivity contribution < 1.29 is 4.79 Å². The summed E-state index contributed by atoms with van der Waals surface area (Å²) in [6.45, 7) is 7.24. The van der Waals surface area contributed by atoms with Gasteiger partial charge in [-0.05, 0) is 38.0 Å². The highest BCUT2D eigenvalue weighted by Gasteiger charge is 2.33. The maximum Gasteiger partial charge on any atom is 0.241 e. The second-order valence-corrected chi connectivity index (χ2v) is 6.64. The number of anilines is 1. The minimum atomic E-state index is 0.210. The number of fused-ring (bicyclic) bond motifs is 1. The molecule has 1 saturated heterocycles. The maximum absolute atomic E-state index is 12.6. The lowest BCUT2D eigenvalue weighted by atomic mass is 10.1. The number of aryl methyl sites for hydroxylation is 2. The molecule has 2 aliphatic heterocycles. The summed E-state index contributed by atoms with van der Waals surface area (Å²) in [7, 11) is 0. The van der Waals surface area contributed by atoms with E-state index in [1.807, 2.05) is 24.0 Å². The molecule has 2 aliphatic rings. The number of likely N-dealkylation sites (tertiary alicyclic amines) is 1. The SMILES string of the molecule is Cc1cc(C)n(C2CN(CC(=O)N3CCc4ccccc43)C2)n1. The molecule has 0 saturated carbocycles. The Hall–Kier alpha value is -2.14. The molecule has 5 nitrogen and oxygen atoms in total. The topological polar surface area (TPSA) is 41.4 Å². The molecule has 0 unspecified atom stereocenters. The van der Waals surface area contributed by atoms with Gasteiger partial charge in [-0.15, -0.1) is 0 Å². The van der Waals surface area contributed by atoms with E-state index in [1.165, 1.54) is 11.3 Å². The molecule has 0 aliphatic carbocycles. The van der Waals surface area contributed by atoms with Crippen molar-refractivity contribution in [2.24, 2.45) is 0 Å². The van der Waals surface area contributed by atoms with Crippen molar-refractivity contribution in [3.63, 3.8) is 0 Å². The summed E-state index contributed by atoms with van der Waals surface area (Å²) >= 11 is 0. The third-order valence-corrected chi connectivity index (χ3v) is 4.88. The number of carbonyl (C=O) groups excluding carboxylic acids is 1. The smallest absolute Gasteiger partial charge is 0.241 e. The summed E-state index contributed by atoms with van der Waals surface area (Å²) in [4.78, 5) is 16.7. The number of hydrogen-bond acceptors (Lipinski definition) is 3. The molecule has 23 heavy (non-hydrogen) atoms. The number of rotatable bonds is 3. The predicted molar refractivity (Wildman–Crippen MR) is 89.7 cm³/mol. The zero-order chi connectivity index (χ0) is 16.0. The molecule has 1 amide bonds. The fraction of sp³-hybridized carbons (Fsp3) is 0.444. The Balaban J connectivity index is 1.36. The first-order valence-corrected chi connectivity index (χ1v) is 8.25. The highest BCUT2D eigenvalue weighted by atomic mass is 16.2. The minimum absolute atomic E-state index is 0.210. The molecular formula is C18H22N4O. The van der Waals surface area contributed by atoms with E-state index in [9.17, 15) is 4.79 Å². The molecule has 3 heterocycles. The summed E-state index contributed by atoms with van der Waals surface area (Å²) in [5.74, 6) is 0.210. The standard InChI is InChI=1S/C18H22N4O/c1-13-9-14(2)22(19-13)16-10-20(11-16)12-18(23)21-8-7-15-5-3-4-6-17(15)21/h3-6,9,16H,7-8,10-12H2,1-2H3. The highest BCUT2D eigenvalue weighted by molar-refractivity contribution is 5.96. The molecule has 1 aromatic heterocycles. The van der Waals surface area contributed by atoms with Gasteiger partial charge in [-0.1, -0.05) is 18.2 Å². The Morgan fingerprint density at radius 1 is 1.26 bits per heavy atom. The fourth-order valence-corrected chi connectivity index (χ4v) is 3.72. The van der Waals surface area contributed by atoms with Crippen LogP contribution in [0, 0.1) is 13.8 Å². The highest BCUT2D eigenvalue weighted by Crippen LogP contribution is 2.28. The van der Waals surface area contributed by atoms with Crippen LogP contribution in [-0.2, 0) is 11.2 Å². The van der Waals surface area contributed by atoms with Gasteiger partial charge >= 0.3 is 0 Å². The quantitative estimate of drug-likeness (QED) is 0.870. The lowest BCUT2D eigenvalue weighted by molar-refractivity contribution is -0.121. The molecule has 5 heteroatoms. The van der Waals surface area contributed by atoms with Crippen LogP contribution < -0.4 is 4.90 Å². The van der Waals surface area contributed by atoms with Crippen LogP contribution in [-0.4, -0.2) is 46.8 Å². The van der Waals surface area contributed by atoms with Gasteiger partial charge in [0.25, 0.3) is 0 Å². The number of para-hydroxylation sites is 1. The van der Waals surface area contributed by atoms with Crippen molar-refractivity contribution in [1.29, 1.82) is 0 Å². The van der Waals surface area contributed by atoms with Crippen LogP contribution in [0.15, 0.2) is 30.3 Å². The van der Waals surface area contributed by atoms with E-state index in [-0.39, 0.29) is 5.91 Å². The number of benzene rings is 1. The summed E-state index contributed by atoms with van der Waals surface area (Å²) in [5, 5.41) is 4.55. The maximum atomic E-state index is 12.6. The number of amides is 1. The van der Waals surface area contributed by atoms with E-state index in [1.54, 1.807) is 0 Å². The molecule has 1 aromatic carbocycles. The Morgan fingerprint density at radius 3 is 2.78 bits per heavy atom. The summed E-state index contributed by atoms with van der Waals surface area (Å²) < 4.78 is 2.10. The molecule has 120 valence electrons. The molecule has 1 fully saturated rings. The van der Waals surface area contributed by atoms with E-state index < -0.39 is 0 Å². The van der Waals surface area contributed by atoms with Gasteiger partial charge in [0.1, 0.15) is 0 Å². The van der Waals surface area contributed by atoms with Crippen LogP contribution in [0.4, 0.5) is 5.69 Å². The van der Waals surface area contributed by atoms with E-state index >= 15 is 0 Å². The first-order valence-electron chi connectivity index (χ1n) is 8.25. The number of carbonyl (C=O) groups is 1. The zero-order valence-electron chi connectivity index (χ0n) is 13.7. The van der Waals surface area contributed by atoms with Gasteiger partial charge in [-0.3, -0.25) is 14.4 Å². The van der Waals surface area contributed by atoms with Gasteiger partial charge in [0.2, 0.25) is 5.91 Å². The van der Waals surface area contributed by atoms with Gasteiger partial charge in [0, 0.05) is 31.0 Å². The molecule has 0 radical (unpaired) electrons. The second-order valence-electron chi connectivity index (χ2n) is 6.64. The molecule has 0 N–H and O–H groups in total. The van der Waals surface area contributed by atoms with Crippen molar-refractivity contribution in [3.05, 3.63) is 47.3 Å². The number of nitrogens with zero attached hydrogens (tertiary/aromatic N) is 4. The van der Waals surface area contributed by atoms with Crippen molar-refractivity contribution in [2.45, 2.75) is 26.3 Å². The lowest BCUT2D eigenvalue weighted by Gasteiger charge is -2.39. The molecule has 0 atom stereocenters. The normalized spacial score (nSPS) is 18.1. The van der Waals surface area contributed by atoms with Crippen molar-refractivity contribution in [3.8, 4) is 0 Å². The van der Waals surface area contributed by atoms with Crippen LogP contribution in [0.25, 0.3) is 0 Å². The van der Waals surface area contributed by atoms with Crippen LogP contribution in [0.2, 0.25) is 0 Å². The monoisotopic (exact) mass is 310 g/mol. The van der Waals surface area contributed by atoms with E-state index in [4.69, 9.17) is 0 Å². The zero-order valence-corrected chi connectivity index (χ0v) is 13.7. The van der Waals surface area contributed by atoms with Crippen molar-refractivity contribution in [2.75, 3.05) is 31.1 Å². The Bertz CT molecular complexity index is 745. The Morgan fingerprint density at radius 2 is 2.04 bits per heavy atom. The van der Waals surface area contributed by atoms with E-state index in [2.05, 4.69) is 39.8 Å². The van der Waals surface area contributed by atoms with Crippen molar-refractivity contribution in [1.82, 2.24) is 14.7 Å². The first kappa shape index (κ1) is 14.5. The molecule has 4 rings (SSSR count). The average Bonchev–Trinajstić information content (AvgIpc) is 3.05. The summed E-state index contributed by atoms with van der Waals surface area (Å²) in [6.07, 6.45) is 0.969. The first-order chi connectivity index (χ1) is 11.1. The van der Waals surface area contributed by atoms with Crippen molar-refractivity contribution >= 4 is 11.6 Å². The lowest BCUT2D eigenvalue weighted by Crippen LogP contribution is -2.52. The third-order valence-electron chi connectivity index (χ3n) is 4.88. The minimum Gasteiger partial charge on any atom is -0.311 e. The fourth-order valence-electron chi connectivity index (χ4n) is 3.72. The summed E-state index contributed by atoms with van der Waals surface area (Å²) in [6, 6.07) is 10.7. The summed E-state index contributed by atoms with van der Waals surface area (Å²) in [5.41, 5.74) is 4.63. The van der Waals surface area contributed by atoms with E-state index in [0.717, 1.165) is 37.4 Å². The molecule has 0 bridgehead atoms. The number of hydrogen-bond donors (Lipinski definition) is 0. The Labute approximate surface area is 136 Å². The second kappa shape index (κ2) is 5.49.